The van der Waals surface area contributed by atoms with E-state index in [0.717, 1.165) is 42.8 Å². The Balaban J connectivity index is 1.60. The molecule has 1 aromatic heterocycles. The van der Waals surface area contributed by atoms with Gasteiger partial charge in [0.1, 0.15) is 5.82 Å². The number of para-hydroxylation sites is 1. The van der Waals surface area contributed by atoms with Gasteiger partial charge in [-0.3, -0.25) is 0 Å². The minimum atomic E-state index is 0.808. The number of aryl methyl sites for hydroxylation is 2. The number of anilines is 2. The van der Waals surface area contributed by atoms with Crippen molar-refractivity contribution in [2.75, 3.05) is 36.4 Å². The summed E-state index contributed by atoms with van der Waals surface area (Å²) in [6, 6.07) is 12.3. The standard InChI is InChI=1S/C18H22N4S/c1-14-6-5-7-15(2)17(14)20-18(23)22-12-10-21(11-13-22)16-8-3-4-9-19-16/h3-9H,10-13H2,1-2H3,(H,20,23). The third kappa shape index (κ3) is 3.62. The van der Waals surface area contributed by atoms with Crippen LogP contribution in [-0.4, -0.2) is 41.2 Å². The SMILES string of the molecule is Cc1cccc(C)c1NC(=S)N1CCN(c2ccccn2)CC1. The van der Waals surface area contributed by atoms with Gasteiger partial charge in [0.15, 0.2) is 5.11 Å². The molecule has 0 aliphatic carbocycles. The first-order chi connectivity index (χ1) is 11.1. The van der Waals surface area contributed by atoms with E-state index in [9.17, 15) is 0 Å². The van der Waals surface area contributed by atoms with Crippen LogP contribution in [0.3, 0.4) is 0 Å². The third-order valence-electron chi connectivity index (χ3n) is 4.25. The number of aromatic nitrogens is 1. The fraction of sp³-hybridized carbons (Fsp3) is 0.333. The molecule has 0 bridgehead atoms. The predicted molar refractivity (Wildman–Crippen MR) is 100 cm³/mol. The van der Waals surface area contributed by atoms with E-state index < -0.39 is 0 Å². The van der Waals surface area contributed by atoms with E-state index in [2.05, 4.69) is 58.2 Å². The maximum Gasteiger partial charge on any atom is 0.173 e. The van der Waals surface area contributed by atoms with E-state index in [0.29, 0.717) is 0 Å². The van der Waals surface area contributed by atoms with E-state index in [1.165, 1.54) is 11.1 Å². The van der Waals surface area contributed by atoms with Crippen LogP contribution in [0.4, 0.5) is 11.5 Å². The second-order valence-electron chi connectivity index (χ2n) is 5.86. The second-order valence-corrected chi connectivity index (χ2v) is 6.25. The van der Waals surface area contributed by atoms with Gasteiger partial charge in [-0.25, -0.2) is 4.98 Å². The molecule has 0 spiro atoms. The van der Waals surface area contributed by atoms with Gasteiger partial charge in [0.05, 0.1) is 0 Å². The molecule has 120 valence electrons. The second kappa shape index (κ2) is 6.96. The number of thiocarbonyl (C=S) groups is 1. The van der Waals surface area contributed by atoms with Gasteiger partial charge >= 0.3 is 0 Å². The van der Waals surface area contributed by atoms with Crippen LogP contribution in [0.2, 0.25) is 0 Å². The number of hydrogen-bond donors (Lipinski definition) is 1. The van der Waals surface area contributed by atoms with E-state index in [4.69, 9.17) is 12.2 Å². The molecule has 2 heterocycles. The quantitative estimate of drug-likeness (QED) is 0.857. The molecule has 23 heavy (non-hydrogen) atoms. The lowest BCUT2D eigenvalue weighted by Crippen LogP contribution is -2.50. The third-order valence-corrected chi connectivity index (χ3v) is 4.61. The molecular weight excluding hydrogens is 304 g/mol. The molecule has 1 aromatic carbocycles. The van der Waals surface area contributed by atoms with Gasteiger partial charge in [0, 0.05) is 38.1 Å². The van der Waals surface area contributed by atoms with Crippen LogP contribution < -0.4 is 10.2 Å². The lowest BCUT2D eigenvalue weighted by molar-refractivity contribution is 0.389. The van der Waals surface area contributed by atoms with Gasteiger partial charge in [-0.15, -0.1) is 0 Å². The van der Waals surface area contributed by atoms with Crippen molar-refractivity contribution < 1.29 is 0 Å². The Kier molecular flexibility index (Phi) is 4.76. The summed E-state index contributed by atoms with van der Waals surface area (Å²) in [5.41, 5.74) is 3.57. The number of pyridine rings is 1. The molecule has 1 N–H and O–H groups in total. The molecule has 5 heteroatoms. The highest BCUT2D eigenvalue weighted by atomic mass is 32.1. The smallest absolute Gasteiger partial charge is 0.173 e. The van der Waals surface area contributed by atoms with Crippen molar-refractivity contribution >= 4 is 28.8 Å². The topological polar surface area (TPSA) is 31.4 Å². The number of benzene rings is 1. The molecule has 4 nitrogen and oxygen atoms in total. The van der Waals surface area contributed by atoms with Gasteiger partial charge in [-0.05, 0) is 49.3 Å². The van der Waals surface area contributed by atoms with Crippen molar-refractivity contribution in [2.45, 2.75) is 13.8 Å². The van der Waals surface area contributed by atoms with Crippen molar-refractivity contribution in [2.24, 2.45) is 0 Å². The zero-order valence-electron chi connectivity index (χ0n) is 13.6. The fourth-order valence-corrected chi connectivity index (χ4v) is 3.16. The summed E-state index contributed by atoms with van der Waals surface area (Å²) < 4.78 is 0. The first kappa shape index (κ1) is 15.7. The normalized spacial score (nSPS) is 14.7. The molecule has 1 saturated heterocycles. The first-order valence-corrected chi connectivity index (χ1v) is 8.34. The monoisotopic (exact) mass is 326 g/mol. The molecular formula is C18H22N4S. The highest BCUT2D eigenvalue weighted by molar-refractivity contribution is 7.80. The summed E-state index contributed by atoms with van der Waals surface area (Å²) in [7, 11) is 0. The molecule has 0 radical (unpaired) electrons. The van der Waals surface area contributed by atoms with Gasteiger partial charge < -0.3 is 15.1 Å². The molecule has 0 saturated carbocycles. The van der Waals surface area contributed by atoms with Crippen LogP contribution in [0.15, 0.2) is 42.6 Å². The van der Waals surface area contributed by atoms with Crippen molar-refractivity contribution in [1.82, 2.24) is 9.88 Å². The van der Waals surface area contributed by atoms with Crippen LogP contribution in [0.5, 0.6) is 0 Å². The van der Waals surface area contributed by atoms with Crippen molar-refractivity contribution in [3.8, 4) is 0 Å². The summed E-state index contributed by atoms with van der Waals surface area (Å²) in [5, 5.41) is 4.23. The van der Waals surface area contributed by atoms with Gasteiger partial charge in [0.25, 0.3) is 0 Å². The maximum absolute atomic E-state index is 5.61. The van der Waals surface area contributed by atoms with Crippen molar-refractivity contribution in [3.63, 3.8) is 0 Å². The Morgan fingerprint density at radius 1 is 1.00 bits per heavy atom. The first-order valence-electron chi connectivity index (χ1n) is 7.93. The fourth-order valence-electron chi connectivity index (χ4n) is 2.88. The highest BCUT2D eigenvalue weighted by Crippen LogP contribution is 2.20. The van der Waals surface area contributed by atoms with Crippen LogP contribution in [0.25, 0.3) is 0 Å². The molecule has 0 amide bonds. The van der Waals surface area contributed by atoms with Crippen molar-refractivity contribution in [1.29, 1.82) is 0 Å². The Hall–Kier alpha value is -2.14. The predicted octanol–water partition coefficient (Wildman–Crippen LogP) is 3.22. The summed E-state index contributed by atoms with van der Waals surface area (Å²) in [6.07, 6.45) is 1.84. The average molecular weight is 326 g/mol. The Morgan fingerprint density at radius 2 is 1.70 bits per heavy atom. The van der Waals surface area contributed by atoms with E-state index >= 15 is 0 Å². The van der Waals surface area contributed by atoms with Gasteiger partial charge in [-0.1, -0.05) is 24.3 Å². The summed E-state index contributed by atoms with van der Waals surface area (Å²) in [6.45, 7) is 7.91. The van der Waals surface area contributed by atoms with Gasteiger partial charge in [0.2, 0.25) is 0 Å². The summed E-state index contributed by atoms with van der Waals surface area (Å²) in [4.78, 5) is 8.96. The lowest BCUT2D eigenvalue weighted by atomic mass is 10.1. The highest BCUT2D eigenvalue weighted by Gasteiger charge is 2.20. The average Bonchev–Trinajstić information content (AvgIpc) is 2.59. The minimum Gasteiger partial charge on any atom is -0.353 e. The Bertz CT molecular complexity index is 658. The lowest BCUT2D eigenvalue weighted by Gasteiger charge is -2.37. The Morgan fingerprint density at radius 3 is 2.30 bits per heavy atom. The van der Waals surface area contributed by atoms with E-state index in [1.807, 2.05) is 18.3 Å². The van der Waals surface area contributed by atoms with Gasteiger partial charge in [-0.2, -0.15) is 0 Å². The van der Waals surface area contributed by atoms with E-state index in [-0.39, 0.29) is 0 Å². The molecule has 3 rings (SSSR count). The molecule has 2 aromatic rings. The van der Waals surface area contributed by atoms with Crippen LogP contribution in [-0.2, 0) is 0 Å². The van der Waals surface area contributed by atoms with Crippen LogP contribution in [0, 0.1) is 13.8 Å². The molecule has 1 aliphatic heterocycles. The summed E-state index contributed by atoms with van der Waals surface area (Å²) in [5.74, 6) is 1.04. The zero-order chi connectivity index (χ0) is 16.2. The van der Waals surface area contributed by atoms with Crippen LogP contribution >= 0.6 is 12.2 Å². The molecule has 0 unspecified atom stereocenters. The van der Waals surface area contributed by atoms with Crippen molar-refractivity contribution in [3.05, 3.63) is 53.7 Å². The number of nitrogens with one attached hydrogen (secondary N) is 1. The van der Waals surface area contributed by atoms with Crippen LogP contribution in [0.1, 0.15) is 11.1 Å². The largest absolute Gasteiger partial charge is 0.353 e. The number of hydrogen-bond acceptors (Lipinski definition) is 3. The zero-order valence-corrected chi connectivity index (χ0v) is 14.4. The number of rotatable bonds is 2. The number of nitrogens with zero attached hydrogens (tertiary/aromatic N) is 3. The molecule has 0 atom stereocenters. The van der Waals surface area contributed by atoms with E-state index in [1.54, 1.807) is 0 Å². The number of piperazine rings is 1. The molecule has 1 aliphatic rings. The Labute approximate surface area is 143 Å². The maximum atomic E-state index is 5.61. The molecule has 1 fully saturated rings. The minimum absolute atomic E-state index is 0.808. The summed E-state index contributed by atoms with van der Waals surface area (Å²) >= 11 is 5.61.